The molecule has 0 spiro atoms. The Balaban J connectivity index is 1.99. The van der Waals surface area contributed by atoms with Gasteiger partial charge in [-0.2, -0.15) is 0 Å². The standard InChI is InChI=1S/C16H20FN3O4/c1-10(2)18-15(24)19-12-5-3-11(4-6-12)13(21)20-8-7-16(17,9-20)14(22)23/h3-6,10H,7-9H2,1-2H3,(H,22,23)(H2,18,19,24). The molecule has 0 bridgehead atoms. The SMILES string of the molecule is CC(C)NC(=O)Nc1ccc(C(=O)N2CCC(F)(C(=O)O)C2)cc1. The fraction of sp³-hybridized carbons (Fsp3) is 0.438. The summed E-state index contributed by atoms with van der Waals surface area (Å²) in [4.78, 5) is 36.0. The number of hydrogen-bond donors (Lipinski definition) is 3. The van der Waals surface area contributed by atoms with Crippen LogP contribution in [0, 0.1) is 0 Å². The van der Waals surface area contributed by atoms with Crippen LogP contribution in [0.1, 0.15) is 30.6 Å². The van der Waals surface area contributed by atoms with Crippen molar-refractivity contribution in [1.29, 1.82) is 0 Å². The van der Waals surface area contributed by atoms with Gasteiger partial charge in [-0.15, -0.1) is 0 Å². The van der Waals surface area contributed by atoms with Crippen molar-refractivity contribution in [3.05, 3.63) is 29.8 Å². The van der Waals surface area contributed by atoms with Gasteiger partial charge in [-0.05, 0) is 38.1 Å². The minimum absolute atomic E-state index is 0.00350. The van der Waals surface area contributed by atoms with Crippen LogP contribution in [0.5, 0.6) is 0 Å². The summed E-state index contributed by atoms with van der Waals surface area (Å²) in [5.74, 6) is -1.98. The van der Waals surface area contributed by atoms with Gasteiger partial charge in [0.15, 0.2) is 0 Å². The molecule has 1 saturated heterocycles. The van der Waals surface area contributed by atoms with Gasteiger partial charge in [-0.1, -0.05) is 0 Å². The van der Waals surface area contributed by atoms with Crippen molar-refractivity contribution in [2.45, 2.75) is 32.0 Å². The Bertz CT molecular complexity index is 647. The molecular weight excluding hydrogens is 317 g/mol. The Kier molecular flexibility index (Phi) is 5.06. The van der Waals surface area contributed by atoms with Crippen LogP contribution in [-0.4, -0.2) is 52.7 Å². The minimum atomic E-state index is -2.38. The van der Waals surface area contributed by atoms with Crippen molar-refractivity contribution < 1.29 is 23.9 Å². The number of carboxylic acid groups (broad SMARTS) is 1. The highest BCUT2D eigenvalue weighted by Crippen LogP contribution is 2.27. The first-order valence-electron chi connectivity index (χ1n) is 7.60. The number of carbonyl (C=O) groups excluding carboxylic acids is 2. The van der Waals surface area contributed by atoms with Crippen LogP contribution in [0.4, 0.5) is 14.9 Å². The smallest absolute Gasteiger partial charge is 0.343 e. The molecule has 2 rings (SSSR count). The zero-order valence-electron chi connectivity index (χ0n) is 13.5. The average Bonchev–Trinajstić information content (AvgIpc) is 2.90. The number of urea groups is 1. The van der Waals surface area contributed by atoms with Crippen LogP contribution in [-0.2, 0) is 4.79 Å². The summed E-state index contributed by atoms with van der Waals surface area (Å²) in [7, 11) is 0. The summed E-state index contributed by atoms with van der Waals surface area (Å²) in [6, 6.07) is 5.77. The van der Waals surface area contributed by atoms with E-state index in [0.717, 1.165) is 0 Å². The molecule has 1 aromatic rings. The summed E-state index contributed by atoms with van der Waals surface area (Å²) >= 11 is 0. The maximum Gasteiger partial charge on any atom is 0.343 e. The zero-order valence-corrected chi connectivity index (χ0v) is 13.5. The number of alkyl halides is 1. The molecule has 1 fully saturated rings. The lowest BCUT2D eigenvalue weighted by Crippen LogP contribution is -2.38. The van der Waals surface area contributed by atoms with Crippen molar-refractivity contribution in [1.82, 2.24) is 10.2 Å². The van der Waals surface area contributed by atoms with Gasteiger partial charge in [0.2, 0.25) is 5.67 Å². The zero-order chi connectivity index (χ0) is 17.9. The maximum absolute atomic E-state index is 14.0. The van der Waals surface area contributed by atoms with Crippen LogP contribution in [0.15, 0.2) is 24.3 Å². The number of amides is 3. The number of nitrogens with one attached hydrogen (secondary N) is 2. The fourth-order valence-corrected chi connectivity index (χ4v) is 2.43. The number of likely N-dealkylation sites (tertiary alicyclic amines) is 1. The van der Waals surface area contributed by atoms with Crippen molar-refractivity contribution in [3.8, 4) is 0 Å². The third-order valence-electron chi connectivity index (χ3n) is 3.70. The van der Waals surface area contributed by atoms with Crippen LogP contribution in [0.25, 0.3) is 0 Å². The van der Waals surface area contributed by atoms with E-state index in [1.165, 1.54) is 17.0 Å². The molecule has 0 aliphatic carbocycles. The molecule has 7 nitrogen and oxygen atoms in total. The molecular formula is C16H20FN3O4. The van der Waals surface area contributed by atoms with Crippen molar-refractivity contribution in [3.63, 3.8) is 0 Å². The number of aliphatic carboxylic acids is 1. The number of rotatable bonds is 4. The molecule has 1 atom stereocenters. The molecule has 1 heterocycles. The fourth-order valence-electron chi connectivity index (χ4n) is 2.43. The van der Waals surface area contributed by atoms with E-state index >= 15 is 0 Å². The number of carbonyl (C=O) groups is 3. The molecule has 0 radical (unpaired) electrons. The first-order chi connectivity index (χ1) is 11.2. The highest BCUT2D eigenvalue weighted by Gasteiger charge is 2.46. The number of hydrogen-bond acceptors (Lipinski definition) is 3. The van der Waals surface area contributed by atoms with E-state index in [9.17, 15) is 18.8 Å². The lowest BCUT2D eigenvalue weighted by atomic mass is 10.1. The number of carboxylic acids is 1. The maximum atomic E-state index is 14.0. The first-order valence-corrected chi connectivity index (χ1v) is 7.60. The lowest BCUT2D eigenvalue weighted by Gasteiger charge is -2.18. The Morgan fingerprint density at radius 1 is 1.25 bits per heavy atom. The van der Waals surface area contributed by atoms with E-state index in [2.05, 4.69) is 10.6 Å². The second kappa shape index (κ2) is 6.86. The van der Waals surface area contributed by atoms with Crippen molar-refractivity contribution in [2.75, 3.05) is 18.4 Å². The second-order valence-electron chi connectivity index (χ2n) is 6.08. The third-order valence-corrected chi connectivity index (χ3v) is 3.70. The molecule has 24 heavy (non-hydrogen) atoms. The number of nitrogens with zero attached hydrogens (tertiary/aromatic N) is 1. The first kappa shape index (κ1) is 17.7. The minimum Gasteiger partial charge on any atom is -0.479 e. The third kappa shape index (κ3) is 4.01. The van der Waals surface area contributed by atoms with E-state index in [0.29, 0.717) is 11.3 Å². The highest BCUT2D eigenvalue weighted by atomic mass is 19.1. The van der Waals surface area contributed by atoms with E-state index in [-0.39, 0.29) is 25.0 Å². The average molecular weight is 337 g/mol. The van der Waals surface area contributed by atoms with E-state index < -0.39 is 24.1 Å². The molecule has 0 saturated carbocycles. The molecule has 1 aromatic carbocycles. The van der Waals surface area contributed by atoms with Gasteiger partial charge in [0.05, 0.1) is 6.54 Å². The number of anilines is 1. The molecule has 8 heteroatoms. The molecule has 0 aromatic heterocycles. The molecule has 130 valence electrons. The molecule has 1 aliphatic rings. The van der Waals surface area contributed by atoms with Gasteiger partial charge in [0.25, 0.3) is 5.91 Å². The molecule has 3 N–H and O–H groups in total. The number of benzene rings is 1. The summed E-state index contributed by atoms with van der Waals surface area (Å²) in [5, 5.41) is 14.2. The predicted octanol–water partition coefficient (Wildman–Crippen LogP) is 1.86. The Labute approximate surface area is 138 Å². The monoisotopic (exact) mass is 337 g/mol. The molecule has 1 unspecified atom stereocenters. The van der Waals surface area contributed by atoms with Gasteiger partial charge in [0, 0.05) is 30.3 Å². The van der Waals surface area contributed by atoms with Gasteiger partial charge in [-0.25, -0.2) is 14.0 Å². The topological polar surface area (TPSA) is 98.7 Å². The largest absolute Gasteiger partial charge is 0.479 e. The summed E-state index contributed by atoms with van der Waals surface area (Å²) < 4.78 is 14.0. The van der Waals surface area contributed by atoms with E-state index in [1.54, 1.807) is 12.1 Å². The summed E-state index contributed by atoms with van der Waals surface area (Å²) in [5.41, 5.74) is -1.57. The molecule has 3 amide bonds. The van der Waals surface area contributed by atoms with Crippen molar-refractivity contribution >= 4 is 23.6 Å². The van der Waals surface area contributed by atoms with Crippen LogP contribution in [0.2, 0.25) is 0 Å². The van der Waals surface area contributed by atoms with Crippen LogP contribution in [0.3, 0.4) is 0 Å². The lowest BCUT2D eigenvalue weighted by molar-refractivity contribution is -0.149. The van der Waals surface area contributed by atoms with E-state index in [1.807, 2.05) is 13.8 Å². The van der Waals surface area contributed by atoms with Gasteiger partial charge in [0.1, 0.15) is 0 Å². The summed E-state index contributed by atoms with van der Waals surface area (Å²) in [6.07, 6.45) is -0.219. The summed E-state index contributed by atoms with van der Waals surface area (Å²) in [6.45, 7) is 3.26. The second-order valence-corrected chi connectivity index (χ2v) is 6.08. The Hall–Kier alpha value is -2.64. The van der Waals surface area contributed by atoms with Crippen molar-refractivity contribution in [2.24, 2.45) is 0 Å². The van der Waals surface area contributed by atoms with Gasteiger partial charge >= 0.3 is 12.0 Å². The normalized spacial score (nSPS) is 20.1. The quantitative estimate of drug-likeness (QED) is 0.781. The number of halogens is 1. The highest BCUT2D eigenvalue weighted by molar-refractivity contribution is 5.96. The predicted molar refractivity (Wildman–Crippen MR) is 85.7 cm³/mol. The van der Waals surface area contributed by atoms with Crippen LogP contribution >= 0.6 is 0 Å². The van der Waals surface area contributed by atoms with Gasteiger partial charge in [-0.3, -0.25) is 4.79 Å². The Morgan fingerprint density at radius 2 is 1.88 bits per heavy atom. The van der Waals surface area contributed by atoms with E-state index in [4.69, 9.17) is 5.11 Å². The van der Waals surface area contributed by atoms with Gasteiger partial charge < -0.3 is 20.6 Å². The Morgan fingerprint density at radius 3 is 2.38 bits per heavy atom. The molecule has 1 aliphatic heterocycles. The van der Waals surface area contributed by atoms with Crippen LogP contribution < -0.4 is 10.6 Å².